The number of carbonyl (C=O) groups excluding carboxylic acids is 1. The summed E-state index contributed by atoms with van der Waals surface area (Å²) in [5, 5.41) is 4.07. The number of aryl methyl sites for hydroxylation is 1. The summed E-state index contributed by atoms with van der Waals surface area (Å²) in [5.74, 6) is -1.16. The highest BCUT2D eigenvalue weighted by Gasteiger charge is 2.27. The molecule has 0 aliphatic rings. The van der Waals surface area contributed by atoms with Crippen LogP contribution >= 0.6 is 0 Å². The number of hydrazone groups is 1. The maximum absolute atomic E-state index is 13.3. The first-order chi connectivity index (χ1) is 14.8. The summed E-state index contributed by atoms with van der Waals surface area (Å²) < 4.78 is 40.7. The largest absolute Gasteiger partial charge is 0.271 e. The Kier molecular flexibility index (Phi) is 6.81. The Balaban J connectivity index is 1.87. The molecule has 0 spiro atoms. The predicted octanol–water partition coefficient (Wildman–Crippen LogP) is 3.87. The van der Waals surface area contributed by atoms with Crippen LogP contribution in [0.25, 0.3) is 0 Å². The summed E-state index contributed by atoms with van der Waals surface area (Å²) >= 11 is 0. The first-order valence-electron chi connectivity index (χ1n) is 9.51. The molecule has 6 nitrogen and oxygen atoms in total. The topological polar surface area (TPSA) is 78.8 Å². The second-order valence-electron chi connectivity index (χ2n) is 6.90. The molecule has 0 heterocycles. The van der Waals surface area contributed by atoms with Crippen LogP contribution < -0.4 is 9.73 Å². The molecular formula is C23H22FN3O3S. The minimum Gasteiger partial charge on any atom is -0.271 e. The average Bonchev–Trinajstić information content (AvgIpc) is 2.77. The van der Waals surface area contributed by atoms with Crippen molar-refractivity contribution in [3.63, 3.8) is 0 Å². The molecule has 1 amide bonds. The summed E-state index contributed by atoms with van der Waals surface area (Å²) in [6.45, 7) is 3.12. The van der Waals surface area contributed by atoms with E-state index in [1.54, 1.807) is 31.2 Å². The molecule has 0 aliphatic carbocycles. The van der Waals surface area contributed by atoms with Gasteiger partial charge < -0.3 is 0 Å². The summed E-state index contributed by atoms with van der Waals surface area (Å²) in [6.07, 6.45) is 0. The van der Waals surface area contributed by atoms with Crippen molar-refractivity contribution in [1.29, 1.82) is 0 Å². The van der Waals surface area contributed by atoms with E-state index in [1.807, 2.05) is 37.3 Å². The van der Waals surface area contributed by atoms with Crippen LogP contribution in [-0.2, 0) is 14.8 Å². The molecule has 1 N–H and O–H groups in total. The van der Waals surface area contributed by atoms with Crippen molar-refractivity contribution in [2.24, 2.45) is 5.10 Å². The molecule has 0 saturated carbocycles. The maximum Gasteiger partial charge on any atom is 0.264 e. The number of hydrogen-bond donors (Lipinski definition) is 1. The monoisotopic (exact) mass is 439 g/mol. The fourth-order valence-corrected chi connectivity index (χ4v) is 4.24. The SMILES string of the molecule is C/C(=N/NC(=O)CN(c1ccc(C)cc1)S(=O)(=O)c1ccc(F)cc1)c1ccccc1. The van der Waals surface area contributed by atoms with E-state index in [4.69, 9.17) is 0 Å². The van der Waals surface area contributed by atoms with Crippen molar-refractivity contribution >= 4 is 27.3 Å². The molecule has 8 heteroatoms. The lowest BCUT2D eigenvalue weighted by Gasteiger charge is -2.24. The second-order valence-corrected chi connectivity index (χ2v) is 8.76. The van der Waals surface area contributed by atoms with Crippen LogP contribution in [0.3, 0.4) is 0 Å². The van der Waals surface area contributed by atoms with Gasteiger partial charge in [0.1, 0.15) is 12.4 Å². The van der Waals surface area contributed by atoms with E-state index in [0.29, 0.717) is 11.4 Å². The summed E-state index contributed by atoms with van der Waals surface area (Å²) in [6, 6.07) is 20.5. The van der Waals surface area contributed by atoms with Gasteiger partial charge >= 0.3 is 0 Å². The van der Waals surface area contributed by atoms with Gasteiger partial charge in [-0.1, -0.05) is 48.0 Å². The molecule has 0 radical (unpaired) electrons. The number of amides is 1. The third-order valence-electron chi connectivity index (χ3n) is 4.55. The molecule has 0 bridgehead atoms. The molecule has 31 heavy (non-hydrogen) atoms. The zero-order chi connectivity index (χ0) is 22.4. The van der Waals surface area contributed by atoms with Gasteiger partial charge in [-0.3, -0.25) is 9.10 Å². The lowest BCUT2D eigenvalue weighted by atomic mass is 10.1. The van der Waals surface area contributed by atoms with Crippen LogP contribution in [0.5, 0.6) is 0 Å². The molecule has 0 fully saturated rings. The van der Waals surface area contributed by atoms with Crippen LogP contribution in [-0.4, -0.2) is 26.6 Å². The Labute approximate surface area is 181 Å². The zero-order valence-corrected chi connectivity index (χ0v) is 17.9. The molecule has 160 valence electrons. The molecule has 0 saturated heterocycles. The Bertz CT molecular complexity index is 1180. The average molecular weight is 440 g/mol. The van der Waals surface area contributed by atoms with Crippen molar-refractivity contribution < 1.29 is 17.6 Å². The number of anilines is 1. The quantitative estimate of drug-likeness (QED) is 0.448. The van der Waals surface area contributed by atoms with Gasteiger partial charge in [0.25, 0.3) is 15.9 Å². The third-order valence-corrected chi connectivity index (χ3v) is 6.34. The Morgan fingerprint density at radius 3 is 2.19 bits per heavy atom. The van der Waals surface area contributed by atoms with Crippen molar-refractivity contribution in [2.75, 3.05) is 10.8 Å². The van der Waals surface area contributed by atoms with Gasteiger partial charge in [-0.15, -0.1) is 0 Å². The van der Waals surface area contributed by atoms with Crippen LogP contribution in [0.1, 0.15) is 18.1 Å². The molecule has 0 unspecified atom stereocenters. The van der Waals surface area contributed by atoms with Crippen molar-refractivity contribution in [1.82, 2.24) is 5.43 Å². The lowest BCUT2D eigenvalue weighted by molar-refractivity contribution is -0.119. The smallest absolute Gasteiger partial charge is 0.264 e. The first kappa shape index (κ1) is 22.2. The summed E-state index contributed by atoms with van der Waals surface area (Å²) in [7, 11) is -4.11. The highest BCUT2D eigenvalue weighted by molar-refractivity contribution is 7.92. The molecule has 3 aromatic carbocycles. The van der Waals surface area contributed by atoms with Crippen molar-refractivity contribution in [3.8, 4) is 0 Å². The molecular weight excluding hydrogens is 417 g/mol. The number of nitrogens with one attached hydrogen (secondary N) is 1. The van der Waals surface area contributed by atoms with Gasteiger partial charge in [0.2, 0.25) is 0 Å². The minimum atomic E-state index is -4.11. The molecule has 0 atom stereocenters. The molecule has 0 aliphatic heterocycles. The van der Waals surface area contributed by atoms with Crippen molar-refractivity contribution in [3.05, 3.63) is 95.8 Å². The number of benzene rings is 3. The van der Waals surface area contributed by atoms with Gasteiger partial charge in [0, 0.05) is 0 Å². The van der Waals surface area contributed by atoms with Gasteiger partial charge in [-0.05, 0) is 55.8 Å². The van der Waals surface area contributed by atoms with Gasteiger partial charge in [0.15, 0.2) is 0 Å². The predicted molar refractivity (Wildman–Crippen MR) is 119 cm³/mol. The Hall–Kier alpha value is -3.52. The molecule has 0 aromatic heterocycles. The van der Waals surface area contributed by atoms with Gasteiger partial charge in [-0.25, -0.2) is 18.2 Å². The number of hydrogen-bond acceptors (Lipinski definition) is 4. The van der Waals surface area contributed by atoms with Crippen LogP contribution in [0.15, 0.2) is 88.9 Å². The van der Waals surface area contributed by atoms with Crippen LogP contribution in [0.2, 0.25) is 0 Å². The third kappa shape index (κ3) is 5.55. The lowest BCUT2D eigenvalue weighted by Crippen LogP contribution is -2.39. The highest BCUT2D eigenvalue weighted by atomic mass is 32.2. The normalized spacial score (nSPS) is 11.8. The fraction of sp³-hybridized carbons (Fsp3) is 0.130. The summed E-state index contributed by atoms with van der Waals surface area (Å²) in [4.78, 5) is 12.5. The van der Waals surface area contributed by atoms with Gasteiger partial charge in [0.05, 0.1) is 16.3 Å². The summed E-state index contributed by atoms with van der Waals surface area (Å²) in [5.41, 5.74) is 5.07. The second kappa shape index (κ2) is 9.53. The van der Waals surface area contributed by atoms with Crippen molar-refractivity contribution in [2.45, 2.75) is 18.7 Å². The van der Waals surface area contributed by atoms with E-state index in [1.165, 1.54) is 12.1 Å². The van der Waals surface area contributed by atoms with E-state index < -0.39 is 28.3 Å². The number of rotatable bonds is 7. The number of nitrogens with zero attached hydrogens (tertiary/aromatic N) is 2. The van der Waals surface area contributed by atoms with E-state index in [2.05, 4.69) is 10.5 Å². The van der Waals surface area contributed by atoms with Gasteiger partial charge in [-0.2, -0.15) is 5.10 Å². The molecule has 3 aromatic rings. The Morgan fingerprint density at radius 1 is 0.968 bits per heavy atom. The van der Waals surface area contributed by atoms with Crippen LogP contribution in [0.4, 0.5) is 10.1 Å². The fourth-order valence-electron chi connectivity index (χ4n) is 2.82. The molecule has 3 rings (SSSR count). The number of halogens is 1. The van der Waals surface area contributed by atoms with E-state index in [0.717, 1.165) is 27.6 Å². The maximum atomic E-state index is 13.3. The van der Waals surface area contributed by atoms with Crippen LogP contribution in [0, 0.1) is 12.7 Å². The highest BCUT2D eigenvalue weighted by Crippen LogP contribution is 2.24. The van der Waals surface area contributed by atoms with E-state index in [-0.39, 0.29) is 4.90 Å². The number of carbonyl (C=O) groups is 1. The Morgan fingerprint density at radius 2 is 1.58 bits per heavy atom. The minimum absolute atomic E-state index is 0.119. The van der Waals surface area contributed by atoms with E-state index in [9.17, 15) is 17.6 Å². The zero-order valence-electron chi connectivity index (χ0n) is 17.1. The first-order valence-corrected chi connectivity index (χ1v) is 10.9. The van der Waals surface area contributed by atoms with E-state index >= 15 is 0 Å². The number of sulfonamides is 1. The standard InChI is InChI=1S/C23H22FN3O3S/c1-17-8-12-21(13-9-17)27(31(29,30)22-14-10-20(24)11-15-22)16-23(28)26-25-18(2)19-6-4-3-5-7-19/h3-15H,16H2,1-2H3,(H,26,28)/b25-18-.